The highest BCUT2D eigenvalue weighted by atomic mass is 16.5. The molecule has 0 saturated carbocycles. The second-order valence-electron chi connectivity index (χ2n) is 10.4. The predicted molar refractivity (Wildman–Crippen MR) is 146 cm³/mol. The Morgan fingerprint density at radius 3 is 2.64 bits per heavy atom. The minimum atomic E-state index is -0.434. The third-order valence-electron chi connectivity index (χ3n) is 7.34. The molecule has 0 radical (unpaired) electrons. The molecule has 2 atom stereocenters. The number of fused-ring (bicyclic) bond motifs is 2. The second-order valence-corrected chi connectivity index (χ2v) is 10.4. The molecular formula is C30H40N4O2. The number of aryl methyl sites for hydroxylation is 2. The molecule has 1 amide bonds. The fraction of sp³-hybridized carbons (Fsp3) is 0.467. The molecule has 1 saturated heterocycles. The summed E-state index contributed by atoms with van der Waals surface area (Å²) in [5.41, 5.74) is 3.90. The zero-order valence-electron chi connectivity index (χ0n) is 21.5. The average Bonchev–Trinajstić information content (AvgIpc) is 3.34. The number of carbonyl (C=O) groups excluding carboxylic acids is 1. The number of nitrogens with zero attached hydrogens (tertiary/aromatic N) is 4. The van der Waals surface area contributed by atoms with Crippen LogP contribution in [0.1, 0.15) is 70.6 Å². The lowest BCUT2D eigenvalue weighted by Gasteiger charge is -2.47. The van der Waals surface area contributed by atoms with Crippen LogP contribution in [0, 0.1) is 6.92 Å². The average molecular weight is 489 g/mol. The smallest absolute Gasteiger partial charge is 0.335 e. The van der Waals surface area contributed by atoms with Gasteiger partial charge < -0.3 is 4.74 Å². The number of likely N-dealkylation sites (tertiary alicyclic amines) is 1. The number of hydrogen-bond acceptors (Lipinski definition) is 4. The topological polar surface area (TPSA) is 50.6 Å². The number of piperidine rings is 1. The van der Waals surface area contributed by atoms with Crippen LogP contribution in [0.5, 0.6) is 5.75 Å². The largest absolute Gasteiger partial charge is 0.491 e. The van der Waals surface area contributed by atoms with Crippen molar-refractivity contribution in [2.75, 3.05) is 11.4 Å². The van der Waals surface area contributed by atoms with Crippen LogP contribution in [0.25, 0.3) is 0 Å². The van der Waals surface area contributed by atoms with Crippen molar-refractivity contribution in [3.8, 4) is 5.75 Å². The van der Waals surface area contributed by atoms with Gasteiger partial charge in [0.15, 0.2) is 0 Å². The molecule has 0 unspecified atom stereocenters. The van der Waals surface area contributed by atoms with Gasteiger partial charge in [0.05, 0.1) is 11.8 Å². The van der Waals surface area contributed by atoms with E-state index in [-0.39, 0.29) is 25.6 Å². The highest BCUT2D eigenvalue weighted by Gasteiger charge is 2.55. The Bertz CT molecular complexity index is 1230. The first kappa shape index (κ1) is 26.0. The lowest BCUT2D eigenvalue weighted by Crippen LogP contribution is -2.55. The van der Waals surface area contributed by atoms with Crippen molar-refractivity contribution in [3.63, 3.8) is 0 Å². The van der Waals surface area contributed by atoms with Crippen LogP contribution in [-0.4, -0.2) is 39.2 Å². The van der Waals surface area contributed by atoms with E-state index in [1.807, 2.05) is 23.2 Å². The maximum atomic E-state index is 13.7. The van der Waals surface area contributed by atoms with Gasteiger partial charge in [-0.15, -0.1) is 0 Å². The second kappa shape index (κ2) is 10.1. The summed E-state index contributed by atoms with van der Waals surface area (Å²) in [5.74, 6) is 1.82. The summed E-state index contributed by atoms with van der Waals surface area (Å²) in [7, 11) is 0. The molecule has 0 N–H and O–H groups in total. The summed E-state index contributed by atoms with van der Waals surface area (Å²) in [6, 6.07) is 17.0. The minimum Gasteiger partial charge on any atom is -0.491 e. The fourth-order valence-electron chi connectivity index (χ4n) is 5.72. The van der Waals surface area contributed by atoms with Crippen molar-refractivity contribution in [3.05, 3.63) is 77.4 Å². The van der Waals surface area contributed by atoms with Crippen molar-refractivity contribution in [2.24, 2.45) is 0 Å². The Hall–Kier alpha value is -3.12. The number of hydrogen-bond donors (Lipinski definition) is 0. The van der Waals surface area contributed by atoms with E-state index < -0.39 is 5.54 Å². The Labute approximate surface area is 215 Å². The van der Waals surface area contributed by atoms with Gasteiger partial charge in [-0.05, 0) is 82.3 Å². The van der Waals surface area contributed by atoms with E-state index >= 15 is 0 Å². The van der Waals surface area contributed by atoms with Gasteiger partial charge in [-0.3, -0.25) is 14.4 Å². The van der Waals surface area contributed by atoms with Gasteiger partial charge >= 0.3 is 6.03 Å². The highest BCUT2D eigenvalue weighted by Crippen LogP contribution is 2.47. The van der Waals surface area contributed by atoms with Crippen molar-refractivity contribution in [1.82, 2.24) is 14.5 Å². The van der Waals surface area contributed by atoms with E-state index in [9.17, 15) is 4.79 Å². The number of amides is 1. The van der Waals surface area contributed by atoms with Gasteiger partial charge in [0, 0.05) is 31.0 Å². The molecule has 2 aromatic carbocycles. The molecule has 1 spiro atoms. The van der Waals surface area contributed by atoms with Gasteiger partial charge in [-0.25, -0.2) is 9.78 Å². The van der Waals surface area contributed by atoms with Gasteiger partial charge in [0.25, 0.3) is 0 Å². The maximum absolute atomic E-state index is 13.7. The van der Waals surface area contributed by atoms with E-state index in [1.54, 1.807) is 4.57 Å². The predicted octanol–water partition coefficient (Wildman–Crippen LogP) is 6.55. The Balaban J connectivity index is 0.00000304. The molecule has 5 rings (SSSR count). The van der Waals surface area contributed by atoms with Gasteiger partial charge in [0.2, 0.25) is 0 Å². The molecule has 3 aromatic rings. The summed E-state index contributed by atoms with van der Waals surface area (Å²) in [4.78, 5) is 23.3. The third-order valence-corrected chi connectivity index (χ3v) is 7.34. The number of aromatic nitrogens is 2. The van der Waals surface area contributed by atoms with Crippen molar-refractivity contribution in [1.29, 1.82) is 0 Å². The van der Waals surface area contributed by atoms with Crippen LogP contribution >= 0.6 is 0 Å². The highest BCUT2D eigenvalue weighted by molar-refractivity contribution is 5.99. The Kier molecular flexibility index (Phi) is 7.28. The minimum absolute atomic E-state index is 0. The summed E-state index contributed by atoms with van der Waals surface area (Å²) < 4.78 is 7.71. The first-order chi connectivity index (χ1) is 16.8. The van der Waals surface area contributed by atoms with E-state index in [0.29, 0.717) is 0 Å². The molecular weight excluding hydrogens is 448 g/mol. The quantitative estimate of drug-likeness (QED) is 0.395. The van der Waals surface area contributed by atoms with Gasteiger partial charge in [-0.2, -0.15) is 0 Å². The number of imidazole rings is 1. The number of carbonyl (C=O) groups is 1. The Morgan fingerprint density at radius 2 is 1.94 bits per heavy atom. The molecule has 6 nitrogen and oxygen atoms in total. The molecule has 1 fully saturated rings. The van der Waals surface area contributed by atoms with Crippen LogP contribution < -0.4 is 9.64 Å². The van der Waals surface area contributed by atoms with Crippen LogP contribution in [-0.2, 0) is 18.5 Å². The number of ether oxygens (including phenoxy) is 1. The molecule has 2 aliphatic heterocycles. The van der Waals surface area contributed by atoms with Gasteiger partial charge in [-0.1, -0.05) is 38.6 Å². The van der Waals surface area contributed by atoms with Crippen molar-refractivity contribution in [2.45, 2.75) is 85.5 Å². The van der Waals surface area contributed by atoms with Gasteiger partial charge in [0.1, 0.15) is 17.1 Å². The normalized spacial score (nSPS) is 21.7. The van der Waals surface area contributed by atoms with Crippen molar-refractivity contribution >= 4 is 11.7 Å². The zero-order chi connectivity index (χ0) is 24.7. The number of anilines is 1. The molecule has 192 valence electrons. The lowest BCUT2D eigenvalue weighted by molar-refractivity contribution is 0.0966. The summed E-state index contributed by atoms with van der Waals surface area (Å²) >= 11 is 0. The molecule has 6 heteroatoms. The standard InChI is InChI=1S/C29H36N4O2.CH4/c1-6-24-19-32-27(30-24)29(33(28(32)34)25-11-7-9-21(4)15-25)13-14-31(22(5)17-29)18-23-10-8-12-26(16-23)35-20(2)3;/h7-12,15-16,19-20,22H,6,13-14,17-18H2,1-5H3;1H4/t22-,29+;/m0./s1. The van der Waals surface area contributed by atoms with E-state index in [2.05, 4.69) is 75.9 Å². The van der Waals surface area contributed by atoms with Crippen LogP contribution in [0.2, 0.25) is 0 Å². The molecule has 0 aliphatic carbocycles. The molecule has 1 aromatic heterocycles. The molecule has 0 bridgehead atoms. The zero-order valence-corrected chi connectivity index (χ0v) is 21.5. The summed E-state index contributed by atoms with van der Waals surface area (Å²) in [6.07, 6.45) is 4.61. The molecule has 3 heterocycles. The SMILES string of the molecule is C.CCc1cn2c(n1)[C@]1(CCN(Cc3cccc(OC(C)C)c3)[C@@H](C)C1)N(c1cccc(C)c1)C2=O. The lowest BCUT2D eigenvalue weighted by atomic mass is 9.81. The Morgan fingerprint density at radius 1 is 1.17 bits per heavy atom. The first-order valence-electron chi connectivity index (χ1n) is 12.8. The van der Waals surface area contributed by atoms with Crippen molar-refractivity contribution < 1.29 is 9.53 Å². The summed E-state index contributed by atoms with van der Waals surface area (Å²) in [5, 5.41) is 0. The van der Waals surface area contributed by atoms with E-state index in [0.717, 1.165) is 60.9 Å². The van der Waals surface area contributed by atoms with E-state index in [1.165, 1.54) is 5.56 Å². The summed E-state index contributed by atoms with van der Waals surface area (Å²) in [6.45, 7) is 12.3. The third kappa shape index (κ3) is 4.55. The van der Waals surface area contributed by atoms with Crippen LogP contribution in [0.3, 0.4) is 0 Å². The number of rotatable bonds is 6. The fourth-order valence-corrected chi connectivity index (χ4v) is 5.72. The maximum Gasteiger partial charge on any atom is 0.335 e. The molecule has 36 heavy (non-hydrogen) atoms. The first-order valence-corrected chi connectivity index (χ1v) is 12.8. The van der Waals surface area contributed by atoms with E-state index in [4.69, 9.17) is 9.72 Å². The monoisotopic (exact) mass is 488 g/mol. The number of benzene rings is 2. The van der Waals surface area contributed by atoms with Crippen LogP contribution in [0.15, 0.2) is 54.7 Å². The molecule has 2 aliphatic rings. The van der Waals surface area contributed by atoms with Crippen LogP contribution in [0.4, 0.5) is 10.5 Å².